The molecule has 1 aromatic rings. The fourth-order valence-electron chi connectivity index (χ4n) is 1.12. The first-order valence-electron chi connectivity index (χ1n) is 4.82. The van der Waals surface area contributed by atoms with Gasteiger partial charge in [-0.15, -0.1) is 0 Å². The minimum absolute atomic E-state index is 0.528. The van der Waals surface area contributed by atoms with Crippen molar-refractivity contribution in [3.05, 3.63) is 34.3 Å². The molecule has 0 amide bonds. The van der Waals surface area contributed by atoms with Gasteiger partial charge in [0.05, 0.1) is 13.2 Å². The number of halogens is 1. The Balaban J connectivity index is 2.31. The second-order valence-corrected chi connectivity index (χ2v) is 3.66. The van der Waals surface area contributed by atoms with E-state index in [1.807, 2.05) is 25.1 Å². The molecule has 1 aromatic carbocycles. The molecule has 0 spiro atoms. The lowest BCUT2D eigenvalue weighted by molar-refractivity contribution is 0.00347. The van der Waals surface area contributed by atoms with Crippen molar-refractivity contribution >= 4 is 11.6 Å². The molecule has 0 fully saturated rings. The number of aryl methyl sites for hydroxylation is 1. The lowest BCUT2D eigenvalue weighted by Crippen LogP contribution is -2.17. The Morgan fingerprint density at radius 1 is 1.33 bits per heavy atom. The quantitative estimate of drug-likeness (QED) is 0.600. The van der Waals surface area contributed by atoms with Gasteiger partial charge in [-0.05, 0) is 24.1 Å². The number of hydrogen-bond acceptors (Lipinski definition) is 3. The van der Waals surface area contributed by atoms with E-state index in [4.69, 9.17) is 21.2 Å². The molecule has 15 heavy (non-hydrogen) atoms. The van der Waals surface area contributed by atoms with Crippen molar-refractivity contribution in [2.24, 2.45) is 0 Å². The summed E-state index contributed by atoms with van der Waals surface area (Å²) in [5, 5.41) is 0.762. The number of methoxy groups -OCH3 is 1. The summed E-state index contributed by atoms with van der Waals surface area (Å²) in [5.74, 6) is 0. The minimum atomic E-state index is 0.528. The highest BCUT2D eigenvalue weighted by Crippen LogP contribution is 2.16. The van der Waals surface area contributed by atoms with Crippen molar-refractivity contribution in [3.63, 3.8) is 0 Å². The van der Waals surface area contributed by atoms with Crippen LogP contribution in [0.15, 0.2) is 18.2 Å². The smallest absolute Gasteiger partial charge is 0.0916 e. The van der Waals surface area contributed by atoms with Crippen LogP contribution in [-0.2, 0) is 16.1 Å². The number of nitrogens with one attached hydrogen (secondary N) is 1. The van der Waals surface area contributed by atoms with Gasteiger partial charge in [-0.2, -0.15) is 5.48 Å². The summed E-state index contributed by atoms with van der Waals surface area (Å²) in [6.45, 7) is 3.72. The van der Waals surface area contributed by atoms with E-state index in [-0.39, 0.29) is 0 Å². The molecule has 0 aliphatic rings. The summed E-state index contributed by atoms with van der Waals surface area (Å²) in [5.41, 5.74) is 5.02. The second kappa shape index (κ2) is 6.80. The average molecular weight is 230 g/mol. The van der Waals surface area contributed by atoms with Gasteiger partial charge < -0.3 is 4.74 Å². The van der Waals surface area contributed by atoms with E-state index in [2.05, 4.69) is 5.48 Å². The monoisotopic (exact) mass is 229 g/mol. The van der Waals surface area contributed by atoms with Gasteiger partial charge in [0.25, 0.3) is 0 Å². The molecule has 4 heteroatoms. The van der Waals surface area contributed by atoms with Gasteiger partial charge >= 0.3 is 0 Å². The number of ether oxygens (including phenoxy) is 1. The maximum absolute atomic E-state index is 6.05. The van der Waals surface area contributed by atoms with Crippen LogP contribution in [-0.4, -0.2) is 20.3 Å². The third-order valence-electron chi connectivity index (χ3n) is 1.96. The van der Waals surface area contributed by atoms with E-state index in [1.165, 1.54) is 0 Å². The van der Waals surface area contributed by atoms with Crippen LogP contribution < -0.4 is 5.48 Å². The Bertz CT molecular complexity index is 305. The molecule has 84 valence electrons. The van der Waals surface area contributed by atoms with Gasteiger partial charge in [-0.25, -0.2) is 0 Å². The summed E-state index contributed by atoms with van der Waals surface area (Å²) >= 11 is 6.05. The standard InChI is InChI=1S/C11H16ClNO2/c1-9-3-4-10(11(12)7-9)8-13-15-6-5-14-2/h3-4,7,13H,5-6,8H2,1-2H3. The largest absolute Gasteiger partial charge is 0.382 e. The molecule has 0 bridgehead atoms. The lowest BCUT2D eigenvalue weighted by atomic mass is 10.1. The van der Waals surface area contributed by atoms with E-state index in [1.54, 1.807) is 7.11 Å². The zero-order valence-electron chi connectivity index (χ0n) is 9.05. The van der Waals surface area contributed by atoms with E-state index in [9.17, 15) is 0 Å². The number of hydrogen-bond donors (Lipinski definition) is 1. The normalized spacial score (nSPS) is 10.6. The molecule has 0 aliphatic heterocycles. The first-order valence-corrected chi connectivity index (χ1v) is 5.20. The fourth-order valence-corrected chi connectivity index (χ4v) is 1.42. The molecule has 0 aliphatic carbocycles. The molecular weight excluding hydrogens is 214 g/mol. The maximum atomic E-state index is 6.05. The van der Waals surface area contributed by atoms with E-state index in [0.29, 0.717) is 19.8 Å². The van der Waals surface area contributed by atoms with Crippen LogP contribution in [0.1, 0.15) is 11.1 Å². The molecule has 0 radical (unpaired) electrons. The predicted octanol–water partition coefficient (Wildman–Crippen LogP) is 2.32. The highest BCUT2D eigenvalue weighted by Gasteiger charge is 1.99. The molecule has 0 heterocycles. The van der Waals surface area contributed by atoms with E-state index < -0.39 is 0 Å². The van der Waals surface area contributed by atoms with E-state index in [0.717, 1.165) is 16.1 Å². The minimum Gasteiger partial charge on any atom is -0.382 e. The van der Waals surface area contributed by atoms with Crippen molar-refractivity contribution in [2.75, 3.05) is 20.3 Å². The Morgan fingerprint density at radius 3 is 2.80 bits per heavy atom. The molecule has 0 aromatic heterocycles. The summed E-state index contributed by atoms with van der Waals surface area (Å²) in [7, 11) is 1.64. The zero-order chi connectivity index (χ0) is 11.1. The van der Waals surface area contributed by atoms with Crippen LogP contribution in [0.25, 0.3) is 0 Å². The molecule has 3 nitrogen and oxygen atoms in total. The third-order valence-corrected chi connectivity index (χ3v) is 2.31. The lowest BCUT2D eigenvalue weighted by Gasteiger charge is -2.07. The Kier molecular flexibility index (Phi) is 5.65. The van der Waals surface area contributed by atoms with Gasteiger partial charge in [-0.3, -0.25) is 4.84 Å². The summed E-state index contributed by atoms with van der Waals surface area (Å²) in [6.07, 6.45) is 0. The highest BCUT2D eigenvalue weighted by atomic mass is 35.5. The first kappa shape index (κ1) is 12.5. The van der Waals surface area contributed by atoms with Crippen LogP contribution >= 0.6 is 11.6 Å². The number of rotatable bonds is 6. The van der Waals surface area contributed by atoms with Crippen LogP contribution in [0.4, 0.5) is 0 Å². The molecule has 0 unspecified atom stereocenters. The number of hydroxylamine groups is 1. The molecular formula is C11H16ClNO2. The topological polar surface area (TPSA) is 30.5 Å². The molecule has 0 atom stereocenters. The predicted molar refractivity (Wildman–Crippen MR) is 60.9 cm³/mol. The molecule has 1 rings (SSSR count). The molecule has 0 saturated heterocycles. The van der Waals surface area contributed by atoms with Crippen LogP contribution in [0.2, 0.25) is 5.02 Å². The van der Waals surface area contributed by atoms with Gasteiger partial charge in [-0.1, -0.05) is 23.7 Å². The zero-order valence-corrected chi connectivity index (χ0v) is 9.80. The maximum Gasteiger partial charge on any atom is 0.0916 e. The molecule has 1 N–H and O–H groups in total. The van der Waals surface area contributed by atoms with Crippen molar-refractivity contribution in [2.45, 2.75) is 13.5 Å². The van der Waals surface area contributed by atoms with Gasteiger partial charge in [0.15, 0.2) is 0 Å². The van der Waals surface area contributed by atoms with Gasteiger partial charge in [0.2, 0.25) is 0 Å². The number of benzene rings is 1. The summed E-state index contributed by atoms with van der Waals surface area (Å²) < 4.78 is 4.84. The SMILES string of the molecule is COCCONCc1ccc(C)cc1Cl. The first-order chi connectivity index (χ1) is 7.24. The highest BCUT2D eigenvalue weighted by molar-refractivity contribution is 6.31. The van der Waals surface area contributed by atoms with Gasteiger partial charge in [0, 0.05) is 18.7 Å². The Hall–Kier alpha value is -0.610. The second-order valence-electron chi connectivity index (χ2n) is 3.26. The van der Waals surface area contributed by atoms with Crippen molar-refractivity contribution in [1.29, 1.82) is 0 Å². The fraction of sp³-hybridized carbons (Fsp3) is 0.455. The average Bonchev–Trinajstić information content (AvgIpc) is 2.20. The Labute approximate surface area is 95.3 Å². The van der Waals surface area contributed by atoms with Crippen LogP contribution in [0.3, 0.4) is 0 Å². The summed E-state index contributed by atoms with van der Waals surface area (Å²) in [4.78, 5) is 5.13. The van der Waals surface area contributed by atoms with Gasteiger partial charge in [0.1, 0.15) is 0 Å². The molecule has 0 saturated carbocycles. The van der Waals surface area contributed by atoms with Crippen molar-refractivity contribution in [3.8, 4) is 0 Å². The van der Waals surface area contributed by atoms with Crippen LogP contribution in [0, 0.1) is 6.92 Å². The van der Waals surface area contributed by atoms with Crippen molar-refractivity contribution < 1.29 is 9.57 Å². The Morgan fingerprint density at radius 2 is 2.13 bits per heavy atom. The summed E-state index contributed by atoms with van der Waals surface area (Å²) in [6, 6.07) is 5.95. The van der Waals surface area contributed by atoms with E-state index >= 15 is 0 Å². The third kappa shape index (κ3) is 4.62. The van der Waals surface area contributed by atoms with Crippen molar-refractivity contribution in [1.82, 2.24) is 5.48 Å². The van der Waals surface area contributed by atoms with Crippen LogP contribution in [0.5, 0.6) is 0 Å².